The molecular formula is C38H41ClF4N8O3. The van der Waals surface area contributed by atoms with Crippen LogP contribution in [-0.2, 0) is 19.9 Å². The fraction of sp³-hybridized carbons (Fsp3) is 0.474. The van der Waals surface area contributed by atoms with Crippen LogP contribution in [0.15, 0.2) is 66.0 Å². The second-order valence-corrected chi connectivity index (χ2v) is 16.2. The van der Waals surface area contributed by atoms with Gasteiger partial charge in [-0.15, -0.1) is 0 Å². The van der Waals surface area contributed by atoms with E-state index in [2.05, 4.69) is 10.1 Å². The number of nitrogens with zero attached hydrogens (tertiary/aromatic N) is 7. The first kappa shape index (κ1) is 37.5. The molecule has 0 unspecified atom stereocenters. The number of hydrogen-bond acceptors (Lipinski definition) is 8. The van der Waals surface area contributed by atoms with E-state index in [1.807, 2.05) is 62.0 Å². The average molecular weight is 769 g/mol. The van der Waals surface area contributed by atoms with Gasteiger partial charge in [0.05, 0.1) is 34.9 Å². The Kier molecular flexibility index (Phi) is 9.38. The van der Waals surface area contributed by atoms with E-state index >= 15 is 4.79 Å². The van der Waals surface area contributed by atoms with Gasteiger partial charge < -0.3 is 10.5 Å². The van der Waals surface area contributed by atoms with E-state index in [1.165, 1.54) is 23.1 Å². The van der Waals surface area contributed by atoms with E-state index in [0.717, 1.165) is 42.0 Å². The molecule has 1 aliphatic heterocycles. The minimum atomic E-state index is -3.10. The fourth-order valence-electron chi connectivity index (χ4n) is 7.25. The van der Waals surface area contributed by atoms with Crippen molar-refractivity contribution in [3.05, 3.63) is 83.0 Å². The van der Waals surface area contributed by atoms with Crippen LogP contribution in [0.2, 0.25) is 5.02 Å². The second kappa shape index (κ2) is 13.5. The molecule has 7 rings (SSSR count). The molecule has 0 bridgehead atoms. The molecule has 3 heterocycles. The molecule has 2 saturated carbocycles. The summed E-state index contributed by atoms with van der Waals surface area (Å²) in [4.78, 5) is 37.9. The smallest absolute Gasteiger partial charge is 0.306 e. The van der Waals surface area contributed by atoms with Crippen LogP contribution >= 0.6 is 11.6 Å². The maximum absolute atomic E-state index is 15.0. The van der Waals surface area contributed by atoms with Crippen LogP contribution < -0.4 is 5.73 Å². The Morgan fingerprint density at radius 2 is 1.78 bits per heavy atom. The molecule has 2 atom stereocenters. The van der Waals surface area contributed by atoms with Gasteiger partial charge in [0.2, 0.25) is 0 Å². The zero-order valence-corrected chi connectivity index (χ0v) is 31.0. The fourth-order valence-corrected chi connectivity index (χ4v) is 7.45. The van der Waals surface area contributed by atoms with Gasteiger partial charge in [-0.05, 0) is 73.8 Å². The predicted octanol–water partition coefficient (Wildman–Crippen LogP) is 7.96. The lowest BCUT2D eigenvalue weighted by atomic mass is 9.75. The van der Waals surface area contributed by atoms with Crippen molar-refractivity contribution in [3.8, 4) is 16.9 Å². The van der Waals surface area contributed by atoms with Crippen LogP contribution in [0, 0.1) is 10.8 Å². The Labute approximate surface area is 314 Å². The quantitative estimate of drug-likeness (QED) is 0.108. The van der Waals surface area contributed by atoms with Crippen molar-refractivity contribution in [2.24, 2.45) is 21.6 Å². The Morgan fingerprint density at radius 3 is 2.39 bits per heavy atom. The zero-order chi connectivity index (χ0) is 38.8. The molecule has 16 heteroatoms. The number of carbonyl (C=O) groups is 2. The molecule has 0 radical (unpaired) electrons. The predicted molar refractivity (Wildman–Crippen MR) is 192 cm³/mol. The maximum Gasteiger partial charge on any atom is 0.306 e. The van der Waals surface area contributed by atoms with Gasteiger partial charge in [0.25, 0.3) is 18.3 Å². The van der Waals surface area contributed by atoms with Crippen LogP contribution in [0.1, 0.15) is 102 Å². The summed E-state index contributed by atoms with van der Waals surface area (Å²) < 4.78 is 65.1. The van der Waals surface area contributed by atoms with Gasteiger partial charge in [-0.25, -0.2) is 32.2 Å². The summed E-state index contributed by atoms with van der Waals surface area (Å²) in [5.41, 5.74) is 5.69. The van der Waals surface area contributed by atoms with Crippen LogP contribution in [-0.4, -0.2) is 59.8 Å². The number of benzene rings is 2. The largest absolute Gasteiger partial charge is 0.463 e. The maximum atomic E-state index is 15.0. The van der Waals surface area contributed by atoms with Gasteiger partial charge in [0.15, 0.2) is 17.3 Å². The van der Waals surface area contributed by atoms with Crippen LogP contribution in [0.3, 0.4) is 0 Å². The Bertz CT molecular complexity index is 2100. The van der Waals surface area contributed by atoms with Crippen molar-refractivity contribution in [2.75, 3.05) is 6.61 Å². The van der Waals surface area contributed by atoms with Gasteiger partial charge in [-0.2, -0.15) is 10.2 Å². The Balaban J connectivity index is 1.26. The SMILES string of the molecule is CC(C)(C)C[C@]1(c2ccc(-c3ccn(C4CC4)n3)cc2)N=C(N)N([C@H](COC(=O)CC2(C(C)(F)F)CC2)c2ccc(Cl)c(-n3ncnc3C(F)F)c2)C1=O. The lowest BCUT2D eigenvalue weighted by molar-refractivity contribution is -0.153. The van der Waals surface area contributed by atoms with E-state index in [0.29, 0.717) is 11.6 Å². The van der Waals surface area contributed by atoms with Gasteiger partial charge in [-0.3, -0.25) is 19.2 Å². The second-order valence-electron chi connectivity index (χ2n) is 15.8. The van der Waals surface area contributed by atoms with Crippen molar-refractivity contribution in [1.82, 2.24) is 29.4 Å². The molecule has 3 aliphatic rings. The monoisotopic (exact) mass is 768 g/mol. The number of amides is 1. The average Bonchev–Trinajstić information content (AvgIpc) is 3.97. The van der Waals surface area contributed by atoms with Crippen molar-refractivity contribution in [2.45, 2.75) is 96.2 Å². The summed E-state index contributed by atoms with van der Waals surface area (Å²) in [5, 5.41) is 8.69. The molecule has 2 aromatic carbocycles. The molecule has 4 aromatic rings. The summed E-state index contributed by atoms with van der Waals surface area (Å²) in [6, 6.07) is 13.0. The van der Waals surface area contributed by atoms with E-state index in [9.17, 15) is 22.4 Å². The topological polar surface area (TPSA) is 134 Å². The molecule has 0 saturated heterocycles. The highest BCUT2D eigenvalue weighted by Gasteiger charge is 2.60. The molecule has 2 aliphatic carbocycles. The van der Waals surface area contributed by atoms with Gasteiger partial charge >= 0.3 is 5.97 Å². The van der Waals surface area contributed by atoms with Gasteiger partial charge in [-0.1, -0.05) is 62.7 Å². The number of aliphatic imine (C=N–C) groups is 1. The van der Waals surface area contributed by atoms with Crippen LogP contribution in [0.5, 0.6) is 0 Å². The number of guanidine groups is 1. The number of halogens is 5. The summed E-state index contributed by atoms with van der Waals surface area (Å²) in [6.07, 6.45) is 2.15. The first-order valence-corrected chi connectivity index (χ1v) is 18.2. The van der Waals surface area contributed by atoms with Crippen molar-refractivity contribution < 1.29 is 31.9 Å². The molecule has 2 aromatic heterocycles. The summed E-state index contributed by atoms with van der Waals surface area (Å²) in [5.74, 6) is -5.35. The molecule has 11 nitrogen and oxygen atoms in total. The highest BCUT2D eigenvalue weighted by atomic mass is 35.5. The lowest BCUT2D eigenvalue weighted by Gasteiger charge is -2.35. The number of alkyl halides is 4. The number of carbonyl (C=O) groups excluding carboxylic acids is 2. The third-order valence-electron chi connectivity index (χ3n) is 10.4. The van der Waals surface area contributed by atoms with E-state index in [1.54, 1.807) is 0 Å². The summed E-state index contributed by atoms with van der Waals surface area (Å²) >= 11 is 6.49. The molecule has 1 amide bonds. The highest BCUT2D eigenvalue weighted by Crippen LogP contribution is 2.59. The summed E-state index contributed by atoms with van der Waals surface area (Å²) in [6.45, 7) is 6.17. The van der Waals surface area contributed by atoms with Crippen LogP contribution in [0.25, 0.3) is 16.9 Å². The number of nitrogens with two attached hydrogens (primary N) is 1. The molecule has 54 heavy (non-hydrogen) atoms. The lowest BCUT2D eigenvalue weighted by Crippen LogP contribution is -2.47. The molecular weight excluding hydrogens is 728 g/mol. The van der Waals surface area contributed by atoms with Crippen LogP contribution in [0.4, 0.5) is 17.6 Å². The normalized spacial score (nSPS) is 20.4. The van der Waals surface area contributed by atoms with Crippen molar-refractivity contribution in [3.63, 3.8) is 0 Å². The third kappa shape index (κ3) is 7.09. The number of ether oxygens (including phenoxy) is 1. The zero-order valence-electron chi connectivity index (χ0n) is 30.3. The molecule has 2 fully saturated rings. The van der Waals surface area contributed by atoms with E-state index in [4.69, 9.17) is 32.2 Å². The van der Waals surface area contributed by atoms with Crippen molar-refractivity contribution >= 4 is 29.4 Å². The van der Waals surface area contributed by atoms with E-state index < -0.39 is 65.5 Å². The number of rotatable bonds is 13. The Hall–Kier alpha value is -4.79. The highest BCUT2D eigenvalue weighted by molar-refractivity contribution is 6.32. The van der Waals surface area contributed by atoms with E-state index in [-0.39, 0.29) is 41.5 Å². The number of hydrogen-bond donors (Lipinski definition) is 1. The molecule has 286 valence electrons. The number of aromatic nitrogens is 5. The minimum absolute atomic E-state index is 0.0173. The van der Waals surface area contributed by atoms with Gasteiger partial charge in [0, 0.05) is 17.2 Å². The number of esters is 1. The standard InChI is InChI=1S/C38H41ClF4N8O3/c1-35(2,3)20-38(24-8-5-22(6-9-24)27-13-16-49(48-27)25-10-11-25)33(53)50(34(44)47-38)29(19-54-30(52)18-37(14-15-37)36(4,42)43)23-7-12-26(39)28(17-23)51-32(31(40)41)45-21-46-51/h5-9,12-13,16-17,21,25,29,31H,10-11,14-15,18-20H2,1-4H3,(H2,44,47)/t29-,38-/m1/s1. The minimum Gasteiger partial charge on any atom is -0.463 e. The third-order valence-corrected chi connectivity index (χ3v) is 10.8. The molecule has 2 N–H and O–H groups in total. The van der Waals surface area contributed by atoms with Gasteiger partial charge in [0.1, 0.15) is 12.9 Å². The first-order valence-electron chi connectivity index (χ1n) is 17.8. The Morgan fingerprint density at radius 1 is 1.07 bits per heavy atom. The first-order chi connectivity index (χ1) is 25.4. The van der Waals surface area contributed by atoms with Crippen molar-refractivity contribution in [1.29, 1.82) is 0 Å². The summed E-state index contributed by atoms with van der Waals surface area (Å²) in [7, 11) is 0. The molecule has 0 spiro atoms.